The molecule has 0 spiro atoms. The maximum atomic E-state index is 12.1. The third-order valence-electron chi connectivity index (χ3n) is 4.01. The topological polar surface area (TPSA) is 55.4 Å². The lowest BCUT2D eigenvalue weighted by Crippen LogP contribution is -2.45. The number of ether oxygens (including phenoxy) is 1. The van der Waals surface area contributed by atoms with Crippen LogP contribution in [-0.4, -0.2) is 24.5 Å². The molecule has 0 aromatic heterocycles. The summed E-state index contributed by atoms with van der Waals surface area (Å²) in [5.74, 6) is -0.467. The van der Waals surface area contributed by atoms with Gasteiger partial charge in [-0.15, -0.1) is 0 Å². The number of esters is 1. The number of carbonyl (C=O) groups is 2. The van der Waals surface area contributed by atoms with E-state index in [2.05, 4.69) is 12.2 Å². The summed E-state index contributed by atoms with van der Waals surface area (Å²) in [6, 6.07) is 7.50. The maximum absolute atomic E-state index is 12.1. The van der Waals surface area contributed by atoms with Gasteiger partial charge in [-0.2, -0.15) is 0 Å². The fraction of sp³-hybridized carbons (Fsp3) is 0.500. The van der Waals surface area contributed by atoms with Crippen LogP contribution in [-0.2, 0) is 26.2 Å². The van der Waals surface area contributed by atoms with Crippen molar-refractivity contribution in [3.8, 4) is 0 Å². The summed E-state index contributed by atoms with van der Waals surface area (Å²) in [7, 11) is 0. The van der Waals surface area contributed by atoms with Crippen molar-refractivity contribution in [3.05, 3.63) is 35.4 Å². The first-order valence-corrected chi connectivity index (χ1v) is 7.06. The second kappa shape index (κ2) is 5.65. The van der Waals surface area contributed by atoms with Gasteiger partial charge < -0.3 is 10.1 Å². The molecule has 1 aliphatic heterocycles. The highest BCUT2D eigenvalue weighted by Crippen LogP contribution is 2.36. The van der Waals surface area contributed by atoms with Gasteiger partial charge in [-0.05, 0) is 24.5 Å². The van der Waals surface area contributed by atoms with E-state index in [4.69, 9.17) is 4.74 Å². The Morgan fingerprint density at radius 2 is 2.00 bits per heavy atom. The Balaban J connectivity index is 2.33. The quantitative estimate of drug-likeness (QED) is 0.855. The van der Waals surface area contributed by atoms with Gasteiger partial charge in [0.2, 0.25) is 5.91 Å². The van der Waals surface area contributed by atoms with Crippen LogP contribution in [0, 0.1) is 0 Å². The average molecular weight is 275 g/mol. The predicted octanol–water partition coefficient (Wildman–Crippen LogP) is 1.96. The largest absolute Gasteiger partial charge is 0.464 e. The van der Waals surface area contributed by atoms with Crippen molar-refractivity contribution in [3.63, 3.8) is 0 Å². The van der Waals surface area contributed by atoms with Crippen molar-refractivity contribution >= 4 is 11.9 Å². The number of benzene rings is 1. The van der Waals surface area contributed by atoms with E-state index in [9.17, 15) is 9.59 Å². The minimum absolute atomic E-state index is 0.106. The molecule has 2 atom stereocenters. The molecule has 1 aromatic rings. The second-order valence-electron chi connectivity index (χ2n) is 5.40. The van der Waals surface area contributed by atoms with Gasteiger partial charge in [-0.25, -0.2) is 4.79 Å². The number of amides is 1. The molecule has 0 saturated carbocycles. The number of hydrogen-bond acceptors (Lipinski definition) is 3. The summed E-state index contributed by atoms with van der Waals surface area (Å²) in [5.41, 5.74) is 1.68. The molecule has 1 aromatic carbocycles. The van der Waals surface area contributed by atoms with Crippen molar-refractivity contribution < 1.29 is 14.3 Å². The molecule has 1 N–H and O–H groups in total. The van der Waals surface area contributed by atoms with Gasteiger partial charge in [0, 0.05) is 11.8 Å². The van der Waals surface area contributed by atoms with Crippen LogP contribution < -0.4 is 5.32 Å². The molecule has 1 saturated heterocycles. The molecule has 20 heavy (non-hydrogen) atoms. The summed E-state index contributed by atoms with van der Waals surface area (Å²) in [4.78, 5) is 23.8. The van der Waals surface area contributed by atoms with Gasteiger partial charge in [0.25, 0.3) is 0 Å². The van der Waals surface area contributed by atoms with E-state index in [0.29, 0.717) is 13.0 Å². The zero-order chi connectivity index (χ0) is 14.8. The molecule has 4 heteroatoms. The van der Waals surface area contributed by atoms with Crippen LogP contribution in [0.15, 0.2) is 24.3 Å². The molecule has 0 aliphatic carbocycles. The molecule has 108 valence electrons. The number of carbonyl (C=O) groups excluding carboxylic acids is 2. The smallest absolute Gasteiger partial charge is 0.329 e. The second-order valence-corrected chi connectivity index (χ2v) is 5.40. The third kappa shape index (κ3) is 2.55. The zero-order valence-corrected chi connectivity index (χ0v) is 12.2. The van der Waals surface area contributed by atoms with Crippen LogP contribution in [0.25, 0.3) is 0 Å². The van der Waals surface area contributed by atoms with Gasteiger partial charge in [-0.3, -0.25) is 4.79 Å². The SMILES string of the molecule is CCOC(=O)C1NC(=O)CC1(C)c1ccc(CC)cc1. The zero-order valence-electron chi connectivity index (χ0n) is 12.2. The summed E-state index contributed by atoms with van der Waals surface area (Å²) in [5, 5.41) is 2.74. The van der Waals surface area contributed by atoms with Gasteiger partial charge >= 0.3 is 5.97 Å². The van der Waals surface area contributed by atoms with Crippen LogP contribution in [0.3, 0.4) is 0 Å². The van der Waals surface area contributed by atoms with Crippen LogP contribution in [0.2, 0.25) is 0 Å². The molecule has 2 unspecified atom stereocenters. The first kappa shape index (κ1) is 14.6. The highest BCUT2D eigenvalue weighted by atomic mass is 16.5. The first-order valence-electron chi connectivity index (χ1n) is 7.06. The minimum atomic E-state index is -0.609. The van der Waals surface area contributed by atoms with Gasteiger partial charge in [0.05, 0.1) is 6.61 Å². The standard InChI is InChI=1S/C16H21NO3/c1-4-11-6-8-12(9-7-11)16(3)10-13(18)17-14(16)15(19)20-5-2/h6-9,14H,4-5,10H2,1-3H3,(H,17,18). The Morgan fingerprint density at radius 1 is 1.35 bits per heavy atom. The van der Waals surface area contributed by atoms with E-state index in [-0.39, 0.29) is 11.9 Å². The number of rotatable bonds is 4. The van der Waals surface area contributed by atoms with Crippen molar-refractivity contribution in [2.45, 2.75) is 45.1 Å². The van der Waals surface area contributed by atoms with E-state index in [1.54, 1.807) is 6.92 Å². The summed E-state index contributed by atoms with van der Waals surface area (Å²) >= 11 is 0. The molecule has 4 nitrogen and oxygen atoms in total. The highest BCUT2D eigenvalue weighted by molar-refractivity contribution is 5.91. The summed E-state index contributed by atoms with van der Waals surface area (Å²) in [6.45, 7) is 6.12. The Kier molecular flexibility index (Phi) is 4.12. The highest BCUT2D eigenvalue weighted by Gasteiger charge is 2.49. The van der Waals surface area contributed by atoms with Crippen LogP contribution in [0.1, 0.15) is 38.3 Å². The van der Waals surface area contributed by atoms with Crippen LogP contribution in [0.4, 0.5) is 0 Å². The minimum Gasteiger partial charge on any atom is -0.464 e. The summed E-state index contributed by atoms with van der Waals surface area (Å²) < 4.78 is 5.08. The van der Waals surface area contributed by atoms with Crippen molar-refractivity contribution in [2.75, 3.05) is 6.61 Å². The first-order chi connectivity index (χ1) is 9.51. The monoisotopic (exact) mass is 275 g/mol. The fourth-order valence-corrected chi connectivity index (χ4v) is 2.74. The summed E-state index contributed by atoms with van der Waals surface area (Å²) in [6.07, 6.45) is 1.28. The van der Waals surface area contributed by atoms with E-state index in [1.807, 2.05) is 31.2 Å². The predicted molar refractivity (Wildman–Crippen MR) is 76.4 cm³/mol. The van der Waals surface area contributed by atoms with E-state index in [1.165, 1.54) is 5.56 Å². The number of aryl methyl sites for hydroxylation is 1. The number of hydrogen-bond donors (Lipinski definition) is 1. The molecule has 0 radical (unpaired) electrons. The van der Waals surface area contributed by atoms with Crippen molar-refractivity contribution in [2.24, 2.45) is 0 Å². The van der Waals surface area contributed by atoms with Gasteiger partial charge in [0.15, 0.2) is 0 Å². The average Bonchev–Trinajstić information content (AvgIpc) is 2.75. The number of nitrogens with one attached hydrogen (secondary N) is 1. The Labute approximate surface area is 119 Å². The van der Waals surface area contributed by atoms with Gasteiger partial charge in [0.1, 0.15) is 6.04 Å². The molecule has 1 amide bonds. The van der Waals surface area contributed by atoms with E-state index < -0.39 is 11.5 Å². The Morgan fingerprint density at radius 3 is 2.55 bits per heavy atom. The van der Waals surface area contributed by atoms with Crippen LogP contribution in [0.5, 0.6) is 0 Å². The maximum Gasteiger partial charge on any atom is 0.329 e. The third-order valence-corrected chi connectivity index (χ3v) is 4.01. The molecule has 0 bridgehead atoms. The molecular weight excluding hydrogens is 254 g/mol. The van der Waals surface area contributed by atoms with Crippen LogP contribution >= 0.6 is 0 Å². The molecular formula is C16H21NO3. The molecule has 1 aliphatic rings. The lowest BCUT2D eigenvalue weighted by molar-refractivity contribution is -0.147. The fourth-order valence-electron chi connectivity index (χ4n) is 2.74. The van der Waals surface area contributed by atoms with Gasteiger partial charge in [-0.1, -0.05) is 38.1 Å². The Hall–Kier alpha value is -1.84. The lowest BCUT2D eigenvalue weighted by atomic mass is 9.75. The van der Waals surface area contributed by atoms with Crippen molar-refractivity contribution in [1.82, 2.24) is 5.32 Å². The van der Waals surface area contributed by atoms with Crippen molar-refractivity contribution in [1.29, 1.82) is 0 Å². The molecule has 1 fully saturated rings. The Bertz CT molecular complexity index is 509. The normalized spacial score (nSPS) is 25.4. The molecule has 2 rings (SSSR count). The molecule has 1 heterocycles. The van der Waals surface area contributed by atoms with E-state index in [0.717, 1.165) is 12.0 Å². The lowest BCUT2D eigenvalue weighted by Gasteiger charge is -2.29. The van der Waals surface area contributed by atoms with E-state index >= 15 is 0 Å².